The molecular weight excluding hydrogens is 252 g/mol. The normalized spacial score (nSPS) is 11.3. The van der Waals surface area contributed by atoms with Crippen LogP contribution in [0.2, 0.25) is 0 Å². The van der Waals surface area contributed by atoms with Gasteiger partial charge in [0.05, 0.1) is 6.42 Å². The van der Waals surface area contributed by atoms with Crippen molar-refractivity contribution in [2.24, 2.45) is 5.92 Å². The third kappa shape index (κ3) is 5.87. The lowest BCUT2D eigenvalue weighted by Crippen LogP contribution is -2.41. The van der Waals surface area contributed by atoms with Gasteiger partial charge in [-0.3, -0.25) is 9.59 Å². The Morgan fingerprint density at radius 2 is 1.65 bits per heavy atom. The summed E-state index contributed by atoms with van der Waals surface area (Å²) in [7, 11) is 0. The molecular formula is C16H24N2O2. The van der Waals surface area contributed by atoms with Crippen molar-refractivity contribution in [2.45, 2.75) is 46.6 Å². The number of hydrogen-bond donors (Lipinski definition) is 2. The van der Waals surface area contributed by atoms with E-state index in [0.29, 0.717) is 6.42 Å². The van der Waals surface area contributed by atoms with Crippen molar-refractivity contribution in [1.82, 2.24) is 5.32 Å². The van der Waals surface area contributed by atoms with Crippen LogP contribution in [0.4, 0.5) is 5.69 Å². The zero-order valence-electron chi connectivity index (χ0n) is 12.9. The molecule has 0 unspecified atom stereocenters. The fraction of sp³-hybridized carbons (Fsp3) is 0.500. The molecule has 0 fully saturated rings. The summed E-state index contributed by atoms with van der Waals surface area (Å²) in [5.41, 5.74) is 1.46. The maximum atomic E-state index is 11.8. The van der Waals surface area contributed by atoms with E-state index in [9.17, 15) is 9.59 Å². The van der Waals surface area contributed by atoms with Crippen molar-refractivity contribution in [2.75, 3.05) is 5.32 Å². The van der Waals surface area contributed by atoms with E-state index in [1.807, 2.05) is 58.9 Å². The Labute approximate surface area is 121 Å². The molecule has 0 aromatic heterocycles. The largest absolute Gasteiger partial charge is 0.351 e. The molecule has 4 heteroatoms. The Balaban J connectivity index is 2.59. The van der Waals surface area contributed by atoms with Gasteiger partial charge in [0.1, 0.15) is 0 Å². The smallest absolute Gasteiger partial charge is 0.226 e. The molecule has 110 valence electrons. The van der Waals surface area contributed by atoms with Gasteiger partial charge in [-0.1, -0.05) is 26.0 Å². The molecule has 0 spiro atoms. The summed E-state index contributed by atoms with van der Waals surface area (Å²) in [4.78, 5) is 23.4. The SMILES string of the molecule is CC(C)C(=O)Nc1ccc(CC(=O)NC(C)(C)C)cc1. The number of benzene rings is 1. The predicted octanol–water partition coefficient (Wildman–Crippen LogP) is 2.74. The summed E-state index contributed by atoms with van der Waals surface area (Å²) >= 11 is 0. The lowest BCUT2D eigenvalue weighted by atomic mass is 10.1. The van der Waals surface area contributed by atoms with Crippen LogP contribution < -0.4 is 10.6 Å². The predicted molar refractivity (Wildman–Crippen MR) is 81.5 cm³/mol. The number of carbonyl (C=O) groups is 2. The van der Waals surface area contributed by atoms with Crippen LogP contribution in [0.25, 0.3) is 0 Å². The molecule has 2 amide bonds. The first-order chi connectivity index (χ1) is 9.17. The van der Waals surface area contributed by atoms with E-state index in [4.69, 9.17) is 0 Å². The fourth-order valence-electron chi connectivity index (χ4n) is 1.64. The first-order valence-corrected chi connectivity index (χ1v) is 6.88. The number of anilines is 1. The van der Waals surface area contributed by atoms with Crippen molar-refractivity contribution in [3.63, 3.8) is 0 Å². The molecule has 0 aliphatic heterocycles. The molecule has 0 atom stereocenters. The summed E-state index contributed by atoms with van der Waals surface area (Å²) in [6.07, 6.45) is 0.343. The molecule has 4 nitrogen and oxygen atoms in total. The highest BCUT2D eigenvalue weighted by Gasteiger charge is 2.14. The molecule has 0 bridgehead atoms. The van der Waals surface area contributed by atoms with Gasteiger partial charge in [-0.25, -0.2) is 0 Å². The minimum absolute atomic E-state index is 0.00327. The fourth-order valence-corrected chi connectivity index (χ4v) is 1.64. The van der Waals surface area contributed by atoms with Gasteiger partial charge in [0.15, 0.2) is 0 Å². The summed E-state index contributed by atoms with van der Waals surface area (Å²) in [6.45, 7) is 9.56. The van der Waals surface area contributed by atoms with E-state index in [-0.39, 0.29) is 23.3 Å². The maximum absolute atomic E-state index is 11.8. The highest BCUT2D eigenvalue weighted by molar-refractivity contribution is 5.92. The van der Waals surface area contributed by atoms with Crippen LogP contribution in [0.3, 0.4) is 0 Å². The van der Waals surface area contributed by atoms with Gasteiger partial charge in [-0.2, -0.15) is 0 Å². The number of carbonyl (C=O) groups excluding carboxylic acids is 2. The summed E-state index contributed by atoms with van der Waals surface area (Å²) < 4.78 is 0. The van der Waals surface area contributed by atoms with Gasteiger partial charge >= 0.3 is 0 Å². The van der Waals surface area contributed by atoms with Gasteiger partial charge in [0, 0.05) is 17.1 Å². The van der Waals surface area contributed by atoms with E-state index in [2.05, 4.69) is 10.6 Å². The highest BCUT2D eigenvalue weighted by Crippen LogP contribution is 2.12. The van der Waals surface area contributed by atoms with Crippen LogP contribution in [0.1, 0.15) is 40.2 Å². The van der Waals surface area contributed by atoms with E-state index < -0.39 is 0 Å². The molecule has 0 saturated carbocycles. The van der Waals surface area contributed by atoms with Gasteiger partial charge in [-0.15, -0.1) is 0 Å². The Hall–Kier alpha value is -1.84. The lowest BCUT2D eigenvalue weighted by molar-refractivity contribution is -0.122. The molecule has 1 aromatic rings. The van der Waals surface area contributed by atoms with E-state index in [0.717, 1.165) is 11.3 Å². The topological polar surface area (TPSA) is 58.2 Å². The van der Waals surface area contributed by atoms with E-state index in [1.54, 1.807) is 0 Å². The quantitative estimate of drug-likeness (QED) is 0.888. The van der Waals surface area contributed by atoms with Crippen molar-refractivity contribution < 1.29 is 9.59 Å². The molecule has 0 aliphatic carbocycles. The van der Waals surface area contributed by atoms with Crippen LogP contribution in [-0.2, 0) is 16.0 Å². The Bertz CT molecular complexity index is 470. The Kier molecular flexibility index (Phi) is 5.31. The van der Waals surface area contributed by atoms with Crippen molar-refractivity contribution in [3.05, 3.63) is 29.8 Å². The number of amides is 2. The second kappa shape index (κ2) is 6.55. The minimum Gasteiger partial charge on any atom is -0.351 e. The lowest BCUT2D eigenvalue weighted by Gasteiger charge is -2.20. The van der Waals surface area contributed by atoms with Gasteiger partial charge < -0.3 is 10.6 Å². The van der Waals surface area contributed by atoms with Gasteiger partial charge in [0.2, 0.25) is 11.8 Å². The highest BCUT2D eigenvalue weighted by atomic mass is 16.2. The Morgan fingerprint density at radius 1 is 1.10 bits per heavy atom. The Morgan fingerprint density at radius 3 is 2.10 bits per heavy atom. The molecule has 2 N–H and O–H groups in total. The zero-order valence-corrected chi connectivity index (χ0v) is 12.9. The van der Waals surface area contributed by atoms with E-state index >= 15 is 0 Å². The average molecular weight is 276 g/mol. The summed E-state index contributed by atoms with van der Waals surface area (Å²) in [5, 5.41) is 5.74. The molecule has 0 aliphatic rings. The maximum Gasteiger partial charge on any atom is 0.226 e. The summed E-state index contributed by atoms with van der Waals surface area (Å²) in [5.74, 6) is -0.0630. The second-order valence-electron chi connectivity index (χ2n) is 6.32. The van der Waals surface area contributed by atoms with Crippen molar-refractivity contribution in [1.29, 1.82) is 0 Å². The molecule has 0 saturated heterocycles. The minimum atomic E-state index is -0.220. The van der Waals surface area contributed by atoms with Gasteiger partial charge in [-0.05, 0) is 38.5 Å². The van der Waals surface area contributed by atoms with Crippen LogP contribution in [0.15, 0.2) is 24.3 Å². The molecule has 0 heterocycles. The standard InChI is InChI=1S/C16H24N2O2/c1-11(2)15(20)17-13-8-6-12(7-9-13)10-14(19)18-16(3,4)5/h6-9,11H,10H2,1-5H3,(H,17,20)(H,18,19). The molecule has 0 radical (unpaired) electrons. The van der Waals surface area contributed by atoms with E-state index in [1.165, 1.54) is 0 Å². The molecule has 20 heavy (non-hydrogen) atoms. The van der Waals surface area contributed by atoms with Crippen LogP contribution >= 0.6 is 0 Å². The van der Waals surface area contributed by atoms with Crippen molar-refractivity contribution >= 4 is 17.5 Å². The first kappa shape index (κ1) is 16.2. The zero-order chi connectivity index (χ0) is 15.3. The molecule has 1 aromatic carbocycles. The summed E-state index contributed by atoms with van der Waals surface area (Å²) in [6, 6.07) is 7.36. The number of rotatable bonds is 4. The monoisotopic (exact) mass is 276 g/mol. The van der Waals surface area contributed by atoms with Crippen molar-refractivity contribution in [3.8, 4) is 0 Å². The third-order valence-electron chi connectivity index (χ3n) is 2.62. The van der Waals surface area contributed by atoms with Crippen LogP contribution in [0, 0.1) is 5.92 Å². The van der Waals surface area contributed by atoms with Crippen LogP contribution in [-0.4, -0.2) is 17.4 Å². The second-order valence-corrected chi connectivity index (χ2v) is 6.32. The molecule has 1 rings (SSSR count). The number of hydrogen-bond acceptors (Lipinski definition) is 2. The number of nitrogens with one attached hydrogen (secondary N) is 2. The average Bonchev–Trinajstić information content (AvgIpc) is 2.28. The third-order valence-corrected chi connectivity index (χ3v) is 2.62. The van der Waals surface area contributed by atoms with Crippen LogP contribution in [0.5, 0.6) is 0 Å². The first-order valence-electron chi connectivity index (χ1n) is 6.88. The van der Waals surface area contributed by atoms with Gasteiger partial charge in [0.25, 0.3) is 0 Å².